The van der Waals surface area contributed by atoms with Crippen LogP contribution in [0.25, 0.3) is 0 Å². The summed E-state index contributed by atoms with van der Waals surface area (Å²) >= 11 is 0. The molecule has 2 saturated heterocycles. The van der Waals surface area contributed by atoms with Gasteiger partial charge < -0.3 is 15.5 Å². The summed E-state index contributed by atoms with van der Waals surface area (Å²) < 4.78 is 0. The molecule has 0 aliphatic carbocycles. The molecule has 0 radical (unpaired) electrons. The van der Waals surface area contributed by atoms with Gasteiger partial charge in [0.25, 0.3) is 0 Å². The summed E-state index contributed by atoms with van der Waals surface area (Å²) in [6.45, 7) is 1.70. The minimum absolute atomic E-state index is 0. The molecule has 0 saturated carbocycles. The highest BCUT2D eigenvalue weighted by Crippen LogP contribution is 2.23. The zero-order valence-electron chi connectivity index (χ0n) is 12.5. The third kappa shape index (κ3) is 3.78. The van der Waals surface area contributed by atoms with Crippen LogP contribution in [0.3, 0.4) is 0 Å². The Labute approximate surface area is 136 Å². The van der Waals surface area contributed by atoms with Crippen LogP contribution in [0.1, 0.15) is 32.1 Å². The Bertz CT molecular complexity index is 527. The number of nitrogens with one attached hydrogen (secondary N) is 2. The summed E-state index contributed by atoms with van der Waals surface area (Å²) in [5.41, 5.74) is 1.69. The lowest BCUT2D eigenvalue weighted by Crippen LogP contribution is -2.43. The quantitative estimate of drug-likeness (QED) is 0.897. The normalized spacial score (nSPS) is 21.4. The van der Waals surface area contributed by atoms with Gasteiger partial charge in [-0.25, -0.2) is 0 Å². The predicted octanol–water partition coefficient (Wildman–Crippen LogP) is 2.32. The zero-order valence-corrected chi connectivity index (χ0v) is 13.3. The third-order valence-electron chi connectivity index (χ3n) is 4.15. The van der Waals surface area contributed by atoms with Crippen LogP contribution in [0, 0.1) is 0 Å². The molecule has 22 heavy (non-hydrogen) atoms. The van der Waals surface area contributed by atoms with Gasteiger partial charge in [-0.15, -0.1) is 12.4 Å². The molecule has 0 aromatic heterocycles. The molecule has 1 atom stereocenters. The van der Waals surface area contributed by atoms with Crippen molar-refractivity contribution in [1.82, 2.24) is 5.32 Å². The van der Waals surface area contributed by atoms with Crippen LogP contribution in [-0.2, 0) is 9.59 Å². The van der Waals surface area contributed by atoms with Crippen LogP contribution in [0.4, 0.5) is 11.4 Å². The lowest BCUT2D eigenvalue weighted by atomic mass is 10.0. The van der Waals surface area contributed by atoms with E-state index >= 15 is 0 Å². The summed E-state index contributed by atoms with van der Waals surface area (Å²) in [4.78, 5) is 25.6. The van der Waals surface area contributed by atoms with Crippen LogP contribution in [-0.4, -0.2) is 30.9 Å². The van der Waals surface area contributed by atoms with Gasteiger partial charge in [0.05, 0.1) is 6.04 Å². The van der Waals surface area contributed by atoms with E-state index < -0.39 is 0 Å². The standard InChI is InChI=1S/C16H21N3O2.ClH/c20-15-5-3-11-19(15)13-8-6-12(7-9-13)18-16(21)14-4-1-2-10-17-14;/h6-9,14,17H,1-5,10-11H2,(H,18,21);1H/t14-;/m0./s1. The Morgan fingerprint density at radius 1 is 1.18 bits per heavy atom. The molecular weight excluding hydrogens is 302 g/mol. The molecule has 0 bridgehead atoms. The smallest absolute Gasteiger partial charge is 0.241 e. The highest BCUT2D eigenvalue weighted by molar-refractivity contribution is 5.97. The fraction of sp³-hybridized carbons (Fsp3) is 0.500. The molecule has 6 heteroatoms. The van der Waals surface area contributed by atoms with Gasteiger partial charge in [-0.1, -0.05) is 6.42 Å². The molecule has 2 aliphatic rings. The largest absolute Gasteiger partial charge is 0.325 e. The maximum absolute atomic E-state index is 12.1. The van der Waals surface area contributed by atoms with E-state index in [1.807, 2.05) is 24.3 Å². The van der Waals surface area contributed by atoms with Crippen molar-refractivity contribution in [3.05, 3.63) is 24.3 Å². The Morgan fingerprint density at radius 3 is 2.55 bits per heavy atom. The first kappa shape index (κ1) is 16.8. The summed E-state index contributed by atoms with van der Waals surface area (Å²) in [5, 5.41) is 6.17. The molecule has 2 fully saturated rings. The number of hydrogen-bond acceptors (Lipinski definition) is 3. The molecule has 2 amide bonds. The van der Waals surface area contributed by atoms with Gasteiger partial charge in [-0.2, -0.15) is 0 Å². The molecule has 1 aromatic carbocycles. The number of benzene rings is 1. The second kappa shape index (κ2) is 7.61. The Morgan fingerprint density at radius 2 is 1.95 bits per heavy atom. The van der Waals surface area contributed by atoms with Crippen LogP contribution >= 0.6 is 12.4 Å². The van der Waals surface area contributed by atoms with Crippen LogP contribution in [0.15, 0.2) is 24.3 Å². The summed E-state index contributed by atoms with van der Waals surface area (Å²) in [6, 6.07) is 7.43. The number of anilines is 2. The summed E-state index contributed by atoms with van der Waals surface area (Å²) in [6.07, 6.45) is 4.69. The molecule has 2 N–H and O–H groups in total. The highest BCUT2D eigenvalue weighted by Gasteiger charge is 2.22. The summed E-state index contributed by atoms with van der Waals surface area (Å²) in [7, 11) is 0. The number of carbonyl (C=O) groups is 2. The summed E-state index contributed by atoms with van der Waals surface area (Å²) in [5.74, 6) is 0.206. The molecule has 2 aliphatic heterocycles. The maximum atomic E-state index is 12.1. The molecule has 5 nitrogen and oxygen atoms in total. The molecule has 3 rings (SSSR count). The van der Waals surface area contributed by atoms with E-state index in [1.165, 1.54) is 0 Å². The predicted molar refractivity (Wildman–Crippen MR) is 89.5 cm³/mol. The molecule has 0 unspecified atom stereocenters. The number of halogens is 1. The average molecular weight is 324 g/mol. The second-order valence-corrected chi connectivity index (χ2v) is 5.69. The van der Waals surface area contributed by atoms with E-state index in [1.54, 1.807) is 4.90 Å². The van der Waals surface area contributed by atoms with Crippen molar-refractivity contribution < 1.29 is 9.59 Å². The van der Waals surface area contributed by atoms with Crippen molar-refractivity contribution in [3.63, 3.8) is 0 Å². The Hall–Kier alpha value is -1.59. The van der Waals surface area contributed by atoms with Crippen molar-refractivity contribution in [2.24, 2.45) is 0 Å². The van der Waals surface area contributed by atoms with Crippen LogP contribution in [0.5, 0.6) is 0 Å². The second-order valence-electron chi connectivity index (χ2n) is 5.69. The fourth-order valence-electron chi connectivity index (χ4n) is 2.95. The number of hydrogen-bond donors (Lipinski definition) is 2. The van der Waals surface area contributed by atoms with E-state index in [0.29, 0.717) is 6.42 Å². The number of nitrogens with zero attached hydrogens (tertiary/aromatic N) is 1. The van der Waals surface area contributed by atoms with E-state index in [0.717, 1.165) is 50.1 Å². The molecule has 1 aromatic rings. The van der Waals surface area contributed by atoms with Crippen LogP contribution in [0.2, 0.25) is 0 Å². The van der Waals surface area contributed by atoms with Crippen molar-refractivity contribution in [3.8, 4) is 0 Å². The molecule has 0 spiro atoms. The van der Waals surface area contributed by atoms with Gasteiger partial charge in [-0.05, 0) is 50.1 Å². The first-order valence-electron chi connectivity index (χ1n) is 7.69. The zero-order chi connectivity index (χ0) is 14.7. The van der Waals surface area contributed by atoms with Gasteiger partial charge in [0.1, 0.15) is 0 Å². The van der Waals surface area contributed by atoms with E-state index in [2.05, 4.69) is 10.6 Å². The lowest BCUT2D eigenvalue weighted by Gasteiger charge is -2.22. The number of amides is 2. The van der Waals surface area contributed by atoms with Gasteiger partial charge >= 0.3 is 0 Å². The Balaban J connectivity index is 0.00000176. The van der Waals surface area contributed by atoms with Crippen molar-refractivity contribution in [2.45, 2.75) is 38.1 Å². The highest BCUT2D eigenvalue weighted by atomic mass is 35.5. The third-order valence-corrected chi connectivity index (χ3v) is 4.15. The Kier molecular flexibility index (Phi) is 5.80. The molecule has 2 heterocycles. The van der Waals surface area contributed by atoms with E-state index in [4.69, 9.17) is 0 Å². The van der Waals surface area contributed by atoms with Crippen molar-refractivity contribution in [1.29, 1.82) is 0 Å². The SMILES string of the molecule is Cl.O=C(Nc1ccc(N2CCCC2=O)cc1)[C@@H]1CCCCN1. The molecular formula is C16H22ClN3O2. The molecule has 120 valence electrons. The van der Waals surface area contributed by atoms with Crippen LogP contribution < -0.4 is 15.5 Å². The minimum atomic E-state index is -0.0846. The van der Waals surface area contributed by atoms with Gasteiger partial charge in [0, 0.05) is 24.3 Å². The first-order chi connectivity index (χ1) is 10.2. The number of rotatable bonds is 3. The van der Waals surface area contributed by atoms with Crippen molar-refractivity contribution in [2.75, 3.05) is 23.3 Å². The number of carbonyl (C=O) groups excluding carboxylic acids is 2. The first-order valence-corrected chi connectivity index (χ1v) is 7.69. The fourth-order valence-corrected chi connectivity index (χ4v) is 2.95. The average Bonchev–Trinajstić information content (AvgIpc) is 2.95. The van der Waals surface area contributed by atoms with Gasteiger partial charge in [0.2, 0.25) is 11.8 Å². The number of piperidine rings is 1. The van der Waals surface area contributed by atoms with Gasteiger partial charge in [0.15, 0.2) is 0 Å². The lowest BCUT2D eigenvalue weighted by molar-refractivity contribution is -0.119. The monoisotopic (exact) mass is 323 g/mol. The topological polar surface area (TPSA) is 61.4 Å². The maximum Gasteiger partial charge on any atom is 0.241 e. The minimum Gasteiger partial charge on any atom is -0.325 e. The van der Waals surface area contributed by atoms with E-state index in [-0.39, 0.29) is 30.3 Å². The van der Waals surface area contributed by atoms with Gasteiger partial charge in [-0.3, -0.25) is 9.59 Å². The van der Waals surface area contributed by atoms with E-state index in [9.17, 15) is 9.59 Å². The van der Waals surface area contributed by atoms with Crippen molar-refractivity contribution >= 4 is 35.6 Å².